The first-order valence-electron chi connectivity index (χ1n) is 9.11. The molecule has 1 aromatic carbocycles. The second kappa shape index (κ2) is 8.98. The van der Waals surface area contributed by atoms with Crippen molar-refractivity contribution in [1.82, 2.24) is 14.9 Å². The number of aryl methyl sites for hydroxylation is 1. The molecule has 0 unspecified atom stereocenters. The molecule has 2 heterocycles. The van der Waals surface area contributed by atoms with Crippen LogP contribution in [0.5, 0.6) is 0 Å². The number of benzene rings is 1. The third kappa shape index (κ3) is 5.16. The number of hydrogen-bond donors (Lipinski definition) is 2. The molecule has 0 spiro atoms. The van der Waals surface area contributed by atoms with Crippen molar-refractivity contribution in [3.8, 4) is 0 Å². The Hall–Kier alpha value is -3.16. The molecule has 142 valence electrons. The zero-order valence-electron chi connectivity index (χ0n) is 15.5. The lowest BCUT2D eigenvalue weighted by molar-refractivity contribution is -0.114. The molecule has 1 aromatic heterocycles. The number of aliphatic imine (C=N–C) groups is 1. The molecule has 8 heteroatoms. The van der Waals surface area contributed by atoms with Crippen molar-refractivity contribution in [3.63, 3.8) is 0 Å². The van der Waals surface area contributed by atoms with Gasteiger partial charge in [0.15, 0.2) is 5.96 Å². The number of nitrogens with one attached hydrogen (secondary N) is 1. The average Bonchev–Trinajstić information content (AvgIpc) is 2.73. The maximum absolute atomic E-state index is 12.1. The fraction of sp³-hybridized carbons (Fsp3) is 0.368. The smallest absolute Gasteiger partial charge is 0.246 e. The summed E-state index contributed by atoms with van der Waals surface area (Å²) in [6, 6.07) is 9.60. The van der Waals surface area contributed by atoms with Gasteiger partial charge in [-0.25, -0.2) is 15.0 Å². The van der Waals surface area contributed by atoms with Crippen molar-refractivity contribution in [3.05, 3.63) is 48.3 Å². The highest BCUT2D eigenvalue weighted by Crippen LogP contribution is 2.11. The van der Waals surface area contributed by atoms with E-state index in [9.17, 15) is 4.79 Å². The number of piperazine rings is 1. The third-order valence-electron chi connectivity index (χ3n) is 4.44. The first kappa shape index (κ1) is 18.6. The number of guanidine groups is 1. The Kier molecular flexibility index (Phi) is 6.19. The Morgan fingerprint density at radius 1 is 1.19 bits per heavy atom. The van der Waals surface area contributed by atoms with Gasteiger partial charge in [-0.3, -0.25) is 4.79 Å². The fourth-order valence-electron chi connectivity index (χ4n) is 2.91. The largest absolute Gasteiger partial charge is 0.370 e. The van der Waals surface area contributed by atoms with Gasteiger partial charge in [0.2, 0.25) is 11.9 Å². The molecule has 3 N–H and O–H groups in total. The quantitative estimate of drug-likeness (QED) is 0.607. The molecule has 0 radical (unpaired) electrons. The molecule has 0 bridgehead atoms. The molecular weight excluding hydrogens is 342 g/mol. The summed E-state index contributed by atoms with van der Waals surface area (Å²) in [5, 5.41) is 2.86. The normalized spacial score (nSPS) is 14.9. The highest BCUT2D eigenvalue weighted by molar-refractivity contribution is 5.94. The molecule has 1 saturated heterocycles. The molecule has 8 nitrogen and oxygen atoms in total. The molecule has 1 aliphatic rings. The van der Waals surface area contributed by atoms with Gasteiger partial charge < -0.3 is 20.9 Å². The third-order valence-corrected chi connectivity index (χ3v) is 4.44. The van der Waals surface area contributed by atoms with Crippen LogP contribution < -0.4 is 16.0 Å². The molecule has 3 rings (SSSR count). The minimum Gasteiger partial charge on any atom is -0.370 e. The van der Waals surface area contributed by atoms with Gasteiger partial charge in [-0.2, -0.15) is 0 Å². The van der Waals surface area contributed by atoms with E-state index in [1.165, 1.54) is 5.56 Å². The van der Waals surface area contributed by atoms with E-state index in [1.54, 1.807) is 18.5 Å². The molecule has 1 fully saturated rings. The lowest BCUT2D eigenvalue weighted by Crippen LogP contribution is -2.51. The first-order chi connectivity index (χ1) is 13.2. The van der Waals surface area contributed by atoms with E-state index < -0.39 is 0 Å². The number of nitrogens with two attached hydrogens (primary N) is 1. The minimum atomic E-state index is -0.178. The Morgan fingerprint density at radius 3 is 2.63 bits per heavy atom. The van der Waals surface area contributed by atoms with Gasteiger partial charge in [0.05, 0.1) is 0 Å². The number of carbonyl (C=O) groups is 1. The Morgan fingerprint density at radius 2 is 1.93 bits per heavy atom. The number of aromatic nitrogens is 2. The Labute approximate surface area is 159 Å². The van der Waals surface area contributed by atoms with Crippen LogP contribution in [0.15, 0.2) is 47.7 Å². The van der Waals surface area contributed by atoms with E-state index in [4.69, 9.17) is 5.73 Å². The van der Waals surface area contributed by atoms with Crippen LogP contribution in [-0.4, -0.2) is 59.5 Å². The van der Waals surface area contributed by atoms with Gasteiger partial charge in [0.1, 0.15) is 6.54 Å². The number of nitrogens with zero attached hydrogens (tertiary/aromatic N) is 5. The number of amides is 1. The van der Waals surface area contributed by atoms with Crippen LogP contribution in [0.4, 0.5) is 11.6 Å². The number of carbonyl (C=O) groups excluding carboxylic acids is 1. The van der Waals surface area contributed by atoms with Crippen LogP contribution in [0.3, 0.4) is 0 Å². The first-order valence-corrected chi connectivity index (χ1v) is 9.11. The van der Waals surface area contributed by atoms with Crippen LogP contribution in [0.1, 0.15) is 12.5 Å². The van der Waals surface area contributed by atoms with Crippen molar-refractivity contribution in [2.24, 2.45) is 10.7 Å². The summed E-state index contributed by atoms with van der Waals surface area (Å²) in [7, 11) is 0. The zero-order chi connectivity index (χ0) is 19.1. The van der Waals surface area contributed by atoms with Crippen LogP contribution in [0.25, 0.3) is 0 Å². The van der Waals surface area contributed by atoms with E-state index in [1.807, 2.05) is 29.2 Å². The minimum absolute atomic E-state index is 0.00416. The molecular formula is C19H25N7O. The van der Waals surface area contributed by atoms with Gasteiger partial charge in [-0.1, -0.05) is 19.1 Å². The van der Waals surface area contributed by atoms with Crippen LogP contribution >= 0.6 is 0 Å². The highest BCUT2D eigenvalue weighted by Gasteiger charge is 2.20. The second-order valence-corrected chi connectivity index (χ2v) is 6.30. The molecule has 2 aromatic rings. The summed E-state index contributed by atoms with van der Waals surface area (Å²) < 4.78 is 0. The van der Waals surface area contributed by atoms with Gasteiger partial charge in [-0.05, 0) is 30.2 Å². The van der Waals surface area contributed by atoms with Crippen LogP contribution in [0.2, 0.25) is 0 Å². The highest BCUT2D eigenvalue weighted by atomic mass is 16.1. The maximum atomic E-state index is 12.1. The van der Waals surface area contributed by atoms with Gasteiger partial charge in [0.25, 0.3) is 0 Å². The molecule has 0 saturated carbocycles. The predicted molar refractivity (Wildman–Crippen MR) is 107 cm³/mol. The summed E-state index contributed by atoms with van der Waals surface area (Å²) >= 11 is 0. The van der Waals surface area contributed by atoms with Gasteiger partial charge >= 0.3 is 0 Å². The summed E-state index contributed by atoms with van der Waals surface area (Å²) in [6.45, 7) is 5.04. The Bertz CT molecular complexity index is 786. The zero-order valence-corrected chi connectivity index (χ0v) is 15.5. The number of anilines is 2. The lowest BCUT2D eigenvalue weighted by Gasteiger charge is -2.35. The fourth-order valence-corrected chi connectivity index (χ4v) is 2.91. The Balaban J connectivity index is 1.48. The summed E-state index contributed by atoms with van der Waals surface area (Å²) in [5.41, 5.74) is 8.02. The van der Waals surface area contributed by atoms with Crippen molar-refractivity contribution >= 4 is 23.5 Å². The lowest BCUT2D eigenvalue weighted by atomic mass is 10.1. The molecule has 1 amide bonds. The molecule has 0 atom stereocenters. The SMILES string of the molecule is CCc1cccc(NC(=O)CN=C(N)N2CCN(c3ncccn3)CC2)c1. The number of hydrogen-bond acceptors (Lipinski definition) is 5. The average molecular weight is 367 g/mol. The van der Waals surface area contributed by atoms with E-state index in [-0.39, 0.29) is 12.5 Å². The van der Waals surface area contributed by atoms with Gasteiger partial charge in [-0.15, -0.1) is 0 Å². The topological polar surface area (TPSA) is 99.7 Å². The van der Waals surface area contributed by atoms with Crippen molar-refractivity contribution in [1.29, 1.82) is 0 Å². The predicted octanol–water partition coefficient (Wildman–Crippen LogP) is 1.11. The van der Waals surface area contributed by atoms with Crippen molar-refractivity contribution in [2.75, 3.05) is 42.9 Å². The second-order valence-electron chi connectivity index (χ2n) is 6.30. The standard InChI is InChI=1S/C19H25N7O/c1-2-15-5-3-6-16(13-15)24-17(27)14-23-18(20)25-9-11-26(12-10-25)19-21-7-4-8-22-19/h3-8,13H,2,9-12,14H2,1H3,(H2,20,23)(H,24,27). The van der Waals surface area contributed by atoms with E-state index in [0.29, 0.717) is 19.0 Å². The summed E-state index contributed by atoms with van der Waals surface area (Å²) in [5.74, 6) is 0.935. The van der Waals surface area contributed by atoms with Crippen LogP contribution in [-0.2, 0) is 11.2 Å². The van der Waals surface area contributed by atoms with Crippen molar-refractivity contribution < 1.29 is 4.79 Å². The summed E-state index contributed by atoms with van der Waals surface area (Å²) in [4.78, 5) is 29.0. The molecule has 27 heavy (non-hydrogen) atoms. The maximum Gasteiger partial charge on any atom is 0.246 e. The number of rotatable bonds is 5. The van der Waals surface area contributed by atoms with E-state index >= 15 is 0 Å². The van der Waals surface area contributed by atoms with Crippen molar-refractivity contribution in [2.45, 2.75) is 13.3 Å². The van der Waals surface area contributed by atoms with E-state index in [2.05, 4.69) is 32.1 Å². The van der Waals surface area contributed by atoms with E-state index in [0.717, 1.165) is 31.1 Å². The summed E-state index contributed by atoms with van der Waals surface area (Å²) in [6.07, 6.45) is 4.40. The molecule has 0 aliphatic carbocycles. The molecule has 1 aliphatic heterocycles. The van der Waals surface area contributed by atoms with Gasteiger partial charge in [0, 0.05) is 44.3 Å². The van der Waals surface area contributed by atoms with Crippen LogP contribution in [0, 0.1) is 0 Å². The monoisotopic (exact) mass is 367 g/mol.